The Bertz CT molecular complexity index is 37.0. The van der Waals surface area contributed by atoms with Gasteiger partial charge in [-0.3, -0.25) is 0 Å². The van der Waals surface area contributed by atoms with E-state index in [1.807, 2.05) is 0 Å². The first kappa shape index (κ1) is 16.0. The van der Waals surface area contributed by atoms with Gasteiger partial charge in [0, 0.05) is 19.5 Å². The fourth-order valence-electron chi connectivity index (χ4n) is 0. The summed E-state index contributed by atoms with van der Waals surface area (Å²) in [6.07, 6.45) is 0.750. The number of nitriles is 1. The van der Waals surface area contributed by atoms with E-state index in [1.54, 1.807) is 0 Å². The summed E-state index contributed by atoms with van der Waals surface area (Å²) < 4.78 is 0. The topological polar surface area (TPSA) is 44.0 Å². The van der Waals surface area contributed by atoms with Gasteiger partial charge in [0.1, 0.15) is 0 Å². The van der Waals surface area contributed by atoms with E-state index >= 15 is 0 Å². The van der Waals surface area contributed by atoms with E-state index < -0.39 is 0 Å². The molecule has 0 amide bonds. The molecule has 0 aromatic rings. The van der Waals surface area contributed by atoms with Gasteiger partial charge in [0.15, 0.2) is 0 Å². The summed E-state index contributed by atoms with van der Waals surface area (Å²) in [5.74, 6) is 0. The molecule has 0 aromatic heterocycles. The SMILES string of the molecule is N#CO.[H-].[K+].[Ru]. The van der Waals surface area contributed by atoms with Gasteiger partial charge in [-0.1, -0.05) is 0 Å². The first-order valence-electron chi connectivity index (χ1n) is 0.447. The van der Waals surface area contributed by atoms with Crippen molar-refractivity contribution in [2.75, 3.05) is 0 Å². The minimum Gasteiger partial charge on any atom is -1.00 e. The Morgan fingerprint density at radius 1 is 1.80 bits per heavy atom. The maximum absolute atomic E-state index is 6.88. The van der Waals surface area contributed by atoms with Crippen LogP contribution in [-0.4, -0.2) is 5.11 Å². The molecule has 4 heteroatoms. The zero-order valence-corrected chi connectivity index (χ0v) is 7.61. The van der Waals surface area contributed by atoms with Crippen molar-refractivity contribution < 1.29 is 77.4 Å². The van der Waals surface area contributed by atoms with Gasteiger partial charge in [0.05, 0.1) is 0 Å². The molecule has 0 rings (SSSR count). The molecular weight excluding hydrogens is 182 g/mol. The van der Waals surface area contributed by atoms with Crippen LogP contribution in [0.4, 0.5) is 0 Å². The van der Waals surface area contributed by atoms with E-state index in [0.29, 0.717) is 0 Å². The van der Waals surface area contributed by atoms with Crippen LogP contribution in [0.2, 0.25) is 0 Å². The molecule has 5 heavy (non-hydrogen) atoms. The Balaban J connectivity index is -0.00000000667. The van der Waals surface area contributed by atoms with Crippen molar-refractivity contribution in [1.29, 1.82) is 5.26 Å². The van der Waals surface area contributed by atoms with Crippen LogP contribution >= 0.6 is 0 Å². The molecule has 0 aliphatic heterocycles. The van der Waals surface area contributed by atoms with E-state index in [-0.39, 0.29) is 72.3 Å². The molecule has 0 radical (unpaired) electrons. The number of rotatable bonds is 0. The van der Waals surface area contributed by atoms with Crippen molar-refractivity contribution in [1.82, 2.24) is 0 Å². The van der Waals surface area contributed by atoms with Crippen molar-refractivity contribution in [2.24, 2.45) is 0 Å². The Morgan fingerprint density at radius 3 is 1.80 bits per heavy atom. The second-order valence-electron chi connectivity index (χ2n) is 0.100. The molecule has 0 heterocycles. The molecule has 0 bridgehead atoms. The van der Waals surface area contributed by atoms with Gasteiger partial charge >= 0.3 is 51.4 Å². The summed E-state index contributed by atoms with van der Waals surface area (Å²) in [7, 11) is 0. The summed E-state index contributed by atoms with van der Waals surface area (Å²) in [6, 6.07) is 0. The molecular formula is CH2KNORu. The van der Waals surface area contributed by atoms with Gasteiger partial charge in [-0.15, -0.1) is 0 Å². The molecule has 0 saturated heterocycles. The summed E-state index contributed by atoms with van der Waals surface area (Å²) in [5.41, 5.74) is 0. The summed E-state index contributed by atoms with van der Waals surface area (Å²) in [5, 5.41) is 13.8. The minimum absolute atomic E-state index is 0. The Labute approximate surface area is 87.2 Å². The number of hydrogen-bond donors (Lipinski definition) is 1. The van der Waals surface area contributed by atoms with Crippen molar-refractivity contribution in [3.63, 3.8) is 0 Å². The fraction of sp³-hybridized carbons (Fsp3) is 0. The average Bonchev–Trinajstić information content (AvgIpc) is 0.918. The summed E-state index contributed by atoms with van der Waals surface area (Å²) in [6.45, 7) is 0. The van der Waals surface area contributed by atoms with E-state index in [9.17, 15) is 0 Å². The normalized spacial score (nSPS) is 1.40. The van der Waals surface area contributed by atoms with E-state index in [1.165, 1.54) is 0 Å². The van der Waals surface area contributed by atoms with Crippen LogP contribution in [0, 0.1) is 11.5 Å². The quantitative estimate of drug-likeness (QED) is 0.321. The van der Waals surface area contributed by atoms with Crippen LogP contribution in [0.25, 0.3) is 0 Å². The first-order chi connectivity index (χ1) is 1.41. The van der Waals surface area contributed by atoms with Crippen molar-refractivity contribution in [3.8, 4) is 6.26 Å². The summed E-state index contributed by atoms with van der Waals surface area (Å²) >= 11 is 0. The van der Waals surface area contributed by atoms with E-state index in [0.717, 1.165) is 6.26 Å². The zero-order chi connectivity index (χ0) is 2.71. The third kappa shape index (κ3) is 29.1. The van der Waals surface area contributed by atoms with Gasteiger partial charge in [-0.05, 0) is 0 Å². The standard InChI is InChI=1S/CHNO.K.Ru.H/c2-1-3;;;/h3H;;;/q;+1;;-1. The number of nitrogens with zero attached hydrogens (tertiary/aromatic N) is 1. The molecule has 0 aliphatic rings. The average molecular weight is 184 g/mol. The Morgan fingerprint density at radius 2 is 1.80 bits per heavy atom. The molecule has 0 atom stereocenters. The fourth-order valence-corrected chi connectivity index (χ4v) is 0. The van der Waals surface area contributed by atoms with Gasteiger partial charge in [0.2, 0.25) is 0 Å². The largest absolute Gasteiger partial charge is 1.00 e. The van der Waals surface area contributed by atoms with E-state index in [4.69, 9.17) is 10.4 Å². The molecule has 0 unspecified atom stereocenters. The van der Waals surface area contributed by atoms with Crippen LogP contribution < -0.4 is 51.4 Å². The molecule has 1 N–H and O–H groups in total. The molecule has 0 aromatic carbocycles. The maximum atomic E-state index is 6.88. The van der Waals surface area contributed by atoms with Crippen LogP contribution in [0.3, 0.4) is 0 Å². The maximum Gasteiger partial charge on any atom is 1.00 e. The predicted molar refractivity (Wildman–Crippen MR) is 8.66 cm³/mol. The Kier molecular flexibility index (Phi) is 56.6. The molecule has 0 saturated carbocycles. The molecule has 2 nitrogen and oxygen atoms in total. The van der Waals surface area contributed by atoms with Crippen molar-refractivity contribution >= 4 is 0 Å². The van der Waals surface area contributed by atoms with Gasteiger partial charge in [0.25, 0.3) is 6.26 Å². The Hall–Kier alpha value is 1.55. The van der Waals surface area contributed by atoms with Gasteiger partial charge < -0.3 is 6.53 Å². The molecule has 26 valence electrons. The van der Waals surface area contributed by atoms with Crippen molar-refractivity contribution in [2.45, 2.75) is 0 Å². The second-order valence-corrected chi connectivity index (χ2v) is 0.100. The molecule has 0 fully saturated rings. The first-order valence-corrected chi connectivity index (χ1v) is 0.447. The van der Waals surface area contributed by atoms with Crippen LogP contribution in [0.5, 0.6) is 0 Å². The minimum atomic E-state index is 0. The third-order valence-corrected chi connectivity index (χ3v) is 0. The van der Waals surface area contributed by atoms with Crippen molar-refractivity contribution in [3.05, 3.63) is 0 Å². The summed E-state index contributed by atoms with van der Waals surface area (Å²) in [4.78, 5) is 0. The van der Waals surface area contributed by atoms with Gasteiger partial charge in [-0.2, -0.15) is 5.26 Å². The molecule has 0 spiro atoms. The number of hydrogen-bond acceptors (Lipinski definition) is 2. The van der Waals surface area contributed by atoms with Crippen LogP contribution in [0.15, 0.2) is 0 Å². The number of aliphatic hydroxyl groups is 1. The predicted octanol–water partition coefficient (Wildman–Crippen LogP) is -3.05. The smallest absolute Gasteiger partial charge is 1.00 e. The van der Waals surface area contributed by atoms with Crippen LogP contribution in [-0.2, 0) is 19.5 Å². The van der Waals surface area contributed by atoms with E-state index in [2.05, 4.69) is 0 Å². The molecule has 0 aliphatic carbocycles. The van der Waals surface area contributed by atoms with Gasteiger partial charge in [-0.25, -0.2) is 0 Å². The van der Waals surface area contributed by atoms with Crippen LogP contribution in [0.1, 0.15) is 1.43 Å². The second kappa shape index (κ2) is 17.7. The number of aliphatic hydroxyl groups excluding tert-OH is 1. The third-order valence-electron chi connectivity index (χ3n) is 0. The monoisotopic (exact) mass is 185 g/mol. The zero-order valence-electron chi connectivity index (χ0n) is 3.75.